The largest absolute Gasteiger partial charge is 0.312 e. The molecule has 15 heavy (non-hydrogen) atoms. The molecule has 0 aliphatic heterocycles. The van der Waals surface area contributed by atoms with E-state index >= 15 is 0 Å². The molecule has 0 aromatic heterocycles. The smallest absolute Gasteiger partial charge is 0.0205 e. The summed E-state index contributed by atoms with van der Waals surface area (Å²) >= 11 is 0. The van der Waals surface area contributed by atoms with Crippen molar-refractivity contribution in [3.63, 3.8) is 0 Å². The van der Waals surface area contributed by atoms with Crippen LogP contribution in [-0.2, 0) is 6.54 Å². The highest BCUT2D eigenvalue weighted by atomic mass is 14.9. The summed E-state index contributed by atoms with van der Waals surface area (Å²) in [5.41, 5.74) is 1.73. The fourth-order valence-electron chi connectivity index (χ4n) is 1.33. The number of hydrogen-bond donors (Lipinski definition) is 1. The predicted molar refractivity (Wildman–Crippen MR) is 66.8 cm³/mol. The highest BCUT2D eigenvalue weighted by molar-refractivity contribution is 5.14. The molecule has 0 saturated carbocycles. The molecule has 0 aliphatic carbocycles. The van der Waals surface area contributed by atoms with Crippen LogP contribution in [-0.4, -0.2) is 6.54 Å². The van der Waals surface area contributed by atoms with Crippen LogP contribution in [0.2, 0.25) is 0 Å². The van der Waals surface area contributed by atoms with Gasteiger partial charge in [0.15, 0.2) is 0 Å². The first-order valence-electron chi connectivity index (χ1n) is 5.77. The van der Waals surface area contributed by atoms with Crippen molar-refractivity contribution in [1.82, 2.24) is 5.32 Å². The first-order valence-corrected chi connectivity index (χ1v) is 5.77. The molecule has 0 aliphatic rings. The molecule has 0 bridgehead atoms. The normalized spacial score (nSPS) is 12.1. The summed E-state index contributed by atoms with van der Waals surface area (Å²) in [7, 11) is 0. The molecule has 0 amide bonds. The standard InChI is InChI=1S/C14H23N/c1-12(2)14(3,4)11-15-10-13-8-6-5-7-9-13/h5-9,12,15H,10-11H2,1-4H3. The van der Waals surface area contributed by atoms with Gasteiger partial charge in [-0.2, -0.15) is 0 Å². The lowest BCUT2D eigenvalue weighted by molar-refractivity contribution is 0.238. The topological polar surface area (TPSA) is 12.0 Å². The van der Waals surface area contributed by atoms with Gasteiger partial charge in [-0.05, 0) is 16.9 Å². The summed E-state index contributed by atoms with van der Waals surface area (Å²) in [5.74, 6) is 0.709. The van der Waals surface area contributed by atoms with E-state index in [0.29, 0.717) is 11.3 Å². The van der Waals surface area contributed by atoms with E-state index in [9.17, 15) is 0 Å². The zero-order valence-corrected chi connectivity index (χ0v) is 10.4. The maximum atomic E-state index is 3.52. The molecule has 1 N–H and O–H groups in total. The van der Waals surface area contributed by atoms with E-state index in [4.69, 9.17) is 0 Å². The molecule has 1 nitrogen and oxygen atoms in total. The maximum Gasteiger partial charge on any atom is 0.0205 e. The average Bonchev–Trinajstić information content (AvgIpc) is 2.19. The Hall–Kier alpha value is -0.820. The summed E-state index contributed by atoms with van der Waals surface area (Å²) < 4.78 is 0. The Kier molecular flexibility index (Phi) is 4.34. The van der Waals surface area contributed by atoms with E-state index in [1.807, 2.05) is 0 Å². The Morgan fingerprint density at radius 1 is 1.13 bits per heavy atom. The van der Waals surface area contributed by atoms with Gasteiger partial charge >= 0.3 is 0 Å². The van der Waals surface area contributed by atoms with Crippen LogP contribution in [0, 0.1) is 11.3 Å². The zero-order chi connectivity index (χ0) is 11.3. The minimum Gasteiger partial charge on any atom is -0.312 e. The number of nitrogens with one attached hydrogen (secondary N) is 1. The predicted octanol–water partition coefficient (Wildman–Crippen LogP) is 3.46. The Bertz CT molecular complexity index is 275. The molecule has 1 heteroatoms. The van der Waals surface area contributed by atoms with Crippen molar-refractivity contribution in [2.24, 2.45) is 11.3 Å². The fourth-order valence-corrected chi connectivity index (χ4v) is 1.33. The molecular weight excluding hydrogens is 182 g/mol. The van der Waals surface area contributed by atoms with Crippen molar-refractivity contribution in [3.8, 4) is 0 Å². The van der Waals surface area contributed by atoms with Gasteiger partial charge in [-0.25, -0.2) is 0 Å². The van der Waals surface area contributed by atoms with Crippen LogP contribution in [0.3, 0.4) is 0 Å². The van der Waals surface area contributed by atoms with Gasteiger partial charge in [0.2, 0.25) is 0 Å². The summed E-state index contributed by atoms with van der Waals surface area (Å²) in [6, 6.07) is 10.6. The summed E-state index contributed by atoms with van der Waals surface area (Å²) in [5, 5.41) is 3.52. The van der Waals surface area contributed by atoms with Gasteiger partial charge in [-0.15, -0.1) is 0 Å². The molecule has 0 atom stereocenters. The van der Waals surface area contributed by atoms with E-state index in [-0.39, 0.29) is 0 Å². The third-order valence-electron chi connectivity index (χ3n) is 3.32. The fraction of sp³-hybridized carbons (Fsp3) is 0.571. The van der Waals surface area contributed by atoms with Gasteiger partial charge in [0, 0.05) is 13.1 Å². The number of benzene rings is 1. The Morgan fingerprint density at radius 2 is 1.73 bits per heavy atom. The average molecular weight is 205 g/mol. The minimum atomic E-state index is 0.370. The molecule has 0 radical (unpaired) electrons. The third kappa shape index (κ3) is 4.05. The van der Waals surface area contributed by atoms with Gasteiger partial charge in [0.1, 0.15) is 0 Å². The van der Waals surface area contributed by atoms with E-state index in [0.717, 1.165) is 13.1 Å². The second kappa shape index (κ2) is 5.32. The molecule has 84 valence electrons. The lowest BCUT2D eigenvalue weighted by Crippen LogP contribution is -2.33. The molecule has 0 heterocycles. The van der Waals surface area contributed by atoms with Crippen molar-refractivity contribution in [2.75, 3.05) is 6.54 Å². The zero-order valence-electron chi connectivity index (χ0n) is 10.4. The van der Waals surface area contributed by atoms with Crippen LogP contribution in [0.1, 0.15) is 33.3 Å². The SMILES string of the molecule is CC(C)C(C)(C)CNCc1ccccc1. The van der Waals surface area contributed by atoms with Crippen molar-refractivity contribution in [3.05, 3.63) is 35.9 Å². The van der Waals surface area contributed by atoms with E-state index in [1.165, 1.54) is 5.56 Å². The van der Waals surface area contributed by atoms with Gasteiger partial charge in [-0.1, -0.05) is 58.0 Å². The van der Waals surface area contributed by atoms with Gasteiger partial charge in [-0.3, -0.25) is 0 Å². The van der Waals surface area contributed by atoms with Gasteiger partial charge in [0.25, 0.3) is 0 Å². The molecule has 1 aromatic rings. The monoisotopic (exact) mass is 205 g/mol. The van der Waals surface area contributed by atoms with E-state index in [2.05, 4.69) is 63.3 Å². The first kappa shape index (κ1) is 12.3. The second-order valence-electron chi connectivity index (χ2n) is 5.23. The van der Waals surface area contributed by atoms with Crippen LogP contribution < -0.4 is 5.32 Å². The van der Waals surface area contributed by atoms with Crippen molar-refractivity contribution < 1.29 is 0 Å². The highest BCUT2D eigenvalue weighted by Gasteiger charge is 2.21. The van der Waals surface area contributed by atoms with Crippen LogP contribution in [0.25, 0.3) is 0 Å². The molecule has 0 spiro atoms. The quantitative estimate of drug-likeness (QED) is 0.776. The highest BCUT2D eigenvalue weighted by Crippen LogP contribution is 2.24. The molecule has 0 saturated heterocycles. The molecule has 1 rings (SSSR count). The molecule has 0 fully saturated rings. The summed E-state index contributed by atoms with van der Waals surface area (Å²) in [6.07, 6.45) is 0. The lowest BCUT2D eigenvalue weighted by atomic mass is 9.81. The third-order valence-corrected chi connectivity index (χ3v) is 3.32. The van der Waals surface area contributed by atoms with Crippen molar-refractivity contribution >= 4 is 0 Å². The lowest BCUT2D eigenvalue weighted by Gasteiger charge is -2.29. The van der Waals surface area contributed by atoms with E-state index < -0.39 is 0 Å². The van der Waals surface area contributed by atoms with Gasteiger partial charge in [0.05, 0.1) is 0 Å². The second-order valence-corrected chi connectivity index (χ2v) is 5.23. The Labute approximate surface area is 93.9 Å². The minimum absolute atomic E-state index is 0.370. The van der Waals surface area contributed by atoms with Crippen LogP contribution in [0.4, 0.5) is 0 Å². The van der Waals surface area contributed by atoms with Crippen molar-refractivity contribution in [1.29, 1.82) is 0 Å². The van der Waals surface area contributed by atoms with Gasteiger partial charge < -0.3 is 5.32 Å². The maximum absolute atomic E-state index is 3.52. The first-order chi connectivity index (χ1) is 7.02. The summed E-state index contributed by atoms with van der Waals surface area (Å²) in [4.78, 5) is 0. The van der Waals surface area contributed by atoms with Crippen LogP contribution in [0.5, 0.6) is 0 Å². The molecule has 0 unspecified atom stereocenters. The Morgan fingerprint density at radius 3 is 2.27 bits per heavy atom. The van der Waals surface area contributed by atoms with E-state index in [1.54, 1.807) is 0 Å². The summed E-state index contributed by atoms with van der Waals surface area (Å²) in [6.45, 7) is 11.2. The van der Waals surface area contributed by atoms with Crippen molar-refractivity contribution in [2.45, 2.75) is 34.2 Å². The van der Waals surface area contributed by atoms with Crippen LogP contribution >= 0.6 is 0 Å². The molecule has 1 aromatic carbocycles. The van der Waals surface area contributed by atoms with Crippen LogP contribution in [0.15, 0.2) is 30.3 Å². The molecular formula is C14H23N. The number of rotatable bonds is 5. The number of hydrogen-bond acceptors (Lipinski definition) is 1. The Balaban J connectivity index is 2.34.